The Morgan fingerprint density at radius 1 is 1.25 bits per heavy atom. The van der Waals surface area contributed by atoms with Gasteiger partial charge >= 0.3 is 6.03 Å². The summed E-state index contributed by atoms with van der Waals surface area (Å²) in [5.41, 5.74) is 1.17. The molecule has 7 heteroatoms. The summed E-state index contributed by atoms with van der Waals surface area (Å²) < 4.78 is 5.47. The number of ether oxygens (including phenoxy) is 1. The van der Waals surface area contributed by atoms with Gasteiger partial charge < -0.3 is 19.9 Å². The fraction of sp³-hybridized carbons (Fsp3) is 0.529. The number of amides is 2. The molecule has 24 heavy (non-hydrogen) atoms. The summed E-state index contributed by atoms with van der Waals surface area (Å²) in [4.78, 5) is 16.5. The molecule has 1 unspecified atom stereocenters. The molecule has 1 aliphatic rings. The first-order chi connectivity index (χ1) is 11.0. The first kappa shape index (κ1) is 20.7. The molecule has 5 nitrogen and oxygen atoms in total. The van der Waals surface area contributed by atoms with Crippen LogP contribution in [0.15, 0.2) is 30.3 Å². The van der Waals surface area contributed by atoms with Gasteiger partial charge in [-0.05, 0) is 31.2 Å². The van der Waals surface area contributed by atoms with E-state index in [1.807, 2.05) is 23.1 Å². The highest BCUT2D eigenvalue weighted by molar-refractivity contribution is 7.80. The fourth-order valence-electron chi connectivity index (χ4n) is 2.54. The van der Waals surface area contributed by atoms with Crippen molar-refractivity contribution in [2.45, 2.75) is 19.4 Å². The van der Waals surface area contributed by atoms with E-state index in [-0.39, 0.29) is 24.5 Å². The Hall–Kier alpha value is -1.37. The molecule has 0 saturated carbocycles. The number of carbonyl (C=O) groups excluding carboxylic acids is 1. The maximum atomic E-state index is 12.5. The zero-order valence-electron chi connectivity index (χ0n) is 14.2. The Kier molecular flexibility index (Phi) is 9.03. The standard InChI is InChI=1S/C17H25N3O2S.ClH/c1-14(23)22-13-16(12-15-6-4-3-5-7-15)18-17(21)20-10-8-19(2)9-11-20;/h3-7,16H,8-13H2,1-2H3,(H,18,21);1H. The first-order valence-corrected chi connectivity index (χ1v) is 8.36. The Bertz CT molecular complexity index is 522. The van der Waals surface area contributed by atoms with Crippen LogP contribution in [0, 0.1) is 0 Å². The van der Waals surface area contributed by atoms with E-state index in [0.717, 1.165) is 32.6 Å². The molecule has 0 radical (unpaired) electrons. The molecular formula is C17H26ClN3O2S. The summed E-state index contributed by atoms with van der Waals surface area (Å²) in [5.74, 6) is 0. The number of halogens is 1. The van der Waals surface area contributed by atoms with Crippen molar-refractivity contribution in [3.05, 3.63) is 35.9 Å². The van der Waals surface area contributed by atoms with Crippen LogP contribution in [0.4, 0.5) is 4.79 Å². The van der Waals surface area contributed by atoms with Crippen LogP contribution >= 0.6 is 24.6 Å². The molecule has 1 aliphatic heterocycles. The van der Waals surface area contributed by atoms with Gasteiger partial charge in [0.1, 0.15) is 6.61 Å². The van der Waals surface area contributed by atoms with Crippen LogP contribution in [0.5, 0.6) is 0 Å². The molecule has 2 rings (SSSR count). The topological polar surface area (TPSA) is 44.8 Å². The van der Waals surface area contributed by atoms with Crippen molar-refractivity contribution < 1.29 is 9.53 Å². The molecule has 0 aliphatic carbocycles. The average molecular weight is 372 g/mol. The van der Waals surface area contributed by atoms with Crippen LogP contribution in [0.2, 0.25) is 0 Å². The molecule has 134 valence electrons. The van der Waals surface area contributed by atoms with E-state index >= 15 is 0 Å². The monoisotopic (exact) mass is 371 g/mol. The summed E-state index contributed by atoms with van der Waals surface area (Å²) >= 11 is 4.98. The smallest absolute Gasteiger partial charge is 0.317 e. The average Bonchev–Trinajstić information content (AvgIpc) is 2.54. The Morgan fingerprint density at radius 2 is 1.88 bits per heavy atom. The number of benzene rings is 1. The number of hydrogen-bond acceptors (Lipinski definition) is 4. The van der Waals surface area contributed by atoms with Crippen LogP contribution in [-0.2, 0) is 11.2 Å². The summed E-state index contributed by atoms with van der Waals surface area (Å²) in [6.07, 6.45) is 0.725. The lowest BCUT2D eigenvalue weighted by molar-refractivity contribution is 0.147. The summed E-state index contributed by atoms with van der Waals surface area (Å²) in [6, 6.07) is 9.98. The van der Waals surface area contributed by atoms with E-state index in [9.17, 15) is 4.79 Å². The van der Waals surface area contributed by atoms with E-state index in [1.165, 1.54) is 5.56 Å². The van der Waals surface area contributed by atoms with Gasteiger partial charge in [-0.25, -0.2) is 4.79 Å². The summed E-state index contributed by atoms with van der Waals surface area (Å²) in [5, 5.41) is 3.59. The molecule has 1 saturated heterocycles. The molecule has 1 aromatic carbocycles. The summed E-state index contributed by atoms with van der Waals surface area (Å²) in [7, 11) is 2.07. The molecule has 0 bridgehead atoms. The van der Waals surface area contributed by atoms with Gasteiger partial charge in [-0.3, -0.25) is 0 Å². The first-order valence-electron chi connectivity index (χ1n) is 7.96. The maximum Gasteiger partial charge on any atom is 0.317 e. The summed E-state index contributed by atoms with van der Waals surface area (Å²) in [6.45, 7) is 5.47. The van der Waals surface area contributed by atoms with Gasteiger partial charge in [0.25, 0.3) is 0 Å². The number of nitrogens with zero attached hydrogens (tertiary/aromatic N) is 2. The van der Waals surface area contributed by atoms with Crippen LogP contribution < -0.4 is 5.32 Å². The van der Waals surface area contributed by atoms with Crippen molar-refractivity contribution in [3.63, 3.8) is 0 Å². The maximum absolute atomic E-state index is 12.5. The Labute approximate surface area is 155 Å². The number of thiocarbonyl (C=S) groups is 1. The second-order valence-corrected chi connectivity index (χ2v) is 6.50. The molecular weight excluding hydrogens is 346 g/mol. The van der Waals surface area contributed by atoms with E-state index < -0.39 is 0 Å². The normalized spacial score (nSPS) is 16.0. The minimum absolute atomic E-state index is 0. The third kappa shape index (κ3) is 7.03. The highest BCUT2D eigenvalue weighted by Crippen LogP contribution is 2.06. The largest absolute Gasteiger partial charge is 0.485 e. The predicted molar refractivity (Wildman–Crippen MR) is 103 cm³/mol. The molecule has 1 N–H and O–H groups in total. The predicted octanol–water partition coefficient (Wildman–Crippen LogP) is 2.34. The van der Waals surface area contributed by atoms with Crippen molar-refractivity contribution >= 4 is 35.7 Å². The van der Waals surface area contributed by atoms with Gasteiger partial charge in [-0.1, -0.05) is 30.3 Å². The minimum Gasteiger partial charge on any atom is -0.485 e. The molecule has 2 amide bonds. The van der Waals surface area contributed by atoms with Gasteiger partial charge in [0.15, 0.2) is 5.05 Å². The molecule has 1 fully saturated rings. The van der Waals surface area contributed by atoms with Crippen molar-refractivity contribution in [1.29, 1.82) is 0 Å². The van der Waals surface area contributed by atoms with Gasteiger partial charge in [0, 0.05) is 33.1 Å². The lowest BCUT2D eigenvalue weighted by Crippen LogP contribution is -2.53. The van der Waals surface area contributed by atoms with Crippen molar-refractivity contribution in [2.75, 3.05) is 39.8 Å². The van der Waals surface area contributed by atoms with Crippen molar-refractivity contribution in [2.24, 2.45) is 0 Å². The number of hydrogen-bond donors (Lipinski definition) is 1. The molecule has 1 aromatic rings. The third-order valence-electron chi connectivity index (χ3n) is 3.93. The molecule has 0 spiro atoms. The van der Waals surface area contributed by atoms with E-state index in [1.54, 1.807) is 6.92 Å². The van der Waals surface area contributed by atoms with E-state index in [4.69, 9.17) is 17.0 Å². The Balaban J connectivity index is 0.00000288. The van der Waals surface area contributed by atoms with Crippen LogP contribution in [0.3, 0.4) is 0 Å². The number of nitrogens with one attached hydrogen (secondary N) is 1. The number of rotatable bonds is 5. The zero-order chi connectivity index (χ0) is 16.7. The van der Waals surface area contributed by atoms with Crippen LogP contribution in [-0.4, -0.2) is 66.8 Å². The fourth-order valence-corrected chi connectivity index (χ4v) is 2.61. The zero-order valence-corrected chi connectivity index (χ0v) is 15.9. The van der Waals surface area contributed by atoms with Crippen molar-refractivity contribution in [3.8, 4) is 0 Å². The van der Waals surface area contributed by atoms with E-state index in [2.05, 4.69) is 29.4 Å². The van der Waals surface area contributed by atoms with Gasteiger partial charge in [-0.15, -0.1) is 12.4 Å². The Morgan fingerprint density at radius 3 is 2.46 bits per heavy atom. The van der Waals surface area contributed by atoms with Gasteiger partial charge in [-0.2, -0.15) is 0 Å². The van der Waals surface area contributed by atoms with Crippen LogP contribution in [0.25, 0.3) is 0 Å². The molecule has 0 aromatic heterocycles. The van der Waals surface area contributed by atoms with Gasteiger partial charge in [0.2, 0.25) is 0 Å². The second-order valence-electron chi connectivity index (χ2n) is 5.93. The lowest BCUT2D eigenvalue weighted by Gasteiger charge is -2.33. The van der Waals surface area contributed by atoms with Crippen molar-refractivity contribution in [1.82, 2.24) is 15.1 Å². The lowest BCUT2D eigenvalue weighted by atomic mass is 10.1. The minimum atomic E-state index is -0.0949. The van der Waals surface area contributed by atoms with Crippen LogP contribution in [0.1, 0.15) is 12.5 Å². The third-order valence-corrected chi connectivity index (χ3v) is 4.05. The number of urea groups is 1. The van der Waals surface area contributed by atoms with Gasteiger partial charge in [0.05, 0.1) is 6.04 Å². The second kappa shape index (κ2) is 10.5. The quantitative estimate of drug-likeness (QED) is 0.807. The number of piperazine rings is 1. The number of carbonyl (C=O) groups is 1. The molecule has 1 atom stereocenters. The number of likely N-dealkylation sites (N-methyl/N-ethyl adjacent to an activating group) is 1. The highest BCUT2D eigenvalue weighted by Gasteiger charge is 2.22. The SMILES string of the molecule is CC(=S)OCC(Cc1ccccc1)NC(=O)N1CCN(C)CC1.Cl. The highest BCUT2D eigenvalue weighted by atomic mass is 35.5. The molecule has 1 heterocycles. The van der Waals surface area contributed by atoms with E-state index in [0.29, 0.717) is 11.7 Å².